The highest BCUT2D eigenvalue weighted by Crippen LogP contribution is 2.21. The Kier molecular flexibility index (Phi) is 3.57. The molecule has 0 aromatic heterocycles. The number of benzene rings is 1. The SMILES string of the molecule is O=C1C=C(Nc2cccc(F)c2F)C(=O)N1CCO. The van der Waals surface area contributed by atoms with Gasteiger partial charge in [-0.25, -0.2) is 8.78 Å². The Morgan fingerprint density at radius 2 is 2.00 bits per heavy atom. The van der Waals surface area contributed by atoms with E-state index in [0.29, 0.717) is 0 Å². The number of anilines is 1. The summed E-state index contributed by atoms with van der Waals surface area (Å²) in [5.41, 5.74) is -0.402. The number of nitrogens with one attached hydrogen (secondary N) is 1. The molecule has 0 radical (unpaired) electrons. The molecular weight excluding hydrogens is 258 g/mol. The van der Waals surface area contributed by atoms with Crippen LogP contribution in [0.3, 0.4) is 0 Å². The first kappa shape index (κ1) is 13.2. The Balaban J connectivity index is 2.21. The van der Waals surface area contributed by atoms with Gasteiger partial charge in [-0.3, -0.25) is 14.5 Å². The monoisotopic (exact) mass is 268 g/mol. The Labute approximate surface area is 107 Å². The number of carbonyl (C=O) groups is 2. The molecule has 0 bridgehead atoms. The smallest absolute Gasteiger partial charge is 0.277 e. The number of aliphatic hydroxyl groups excluding tert-OH is 1. The van der Waals surface area contributed by atoms with Gasteiger partial charge in [0.05, 0.1) is 18.8 Å². The molecule has 1 aliphatic heterocycles. The quantitative estimate of drug-likeness (QED) is 0.785. The van der Waals surface area contributed by atoms with Crippen molar-refractivity contribution in [3.05, 3.63) is 41.6 Å². The molecule has 0 spiro atoms. The van der Waals surface area contributed by atoms with E-state index >= 15 is 0 Å². The summed E-state index contributed by atoms with van der Waals surface area (Å²) in [4.78, 5) is 24.0. The van der Waals surface area contributed by atoms with Crippen LogP contribution in [0.15, 0.2) is 30.0 Å². The number of halogens is 2. The minimum absolute atomic E-state index is 0.148. The van der Waals surface area contributed by atoms with Crippen molar-refractivity contribution in [1.29, 1.82) is 0 Å². The van der Waals surface area contributed by atoms with Gasteiger partial charge in [-0.2, -0.15) is 0 Å². The zero-order valence-corrected chi connectivity index (χ0v) is 9.69. The highest BCUT2D eigenvalue weighted by molar-refractivity contribution is 6.17. The molecule has 19 heavy (non-hydrogen) atoms. The van der Waals surface area contributed by atoms with Crippen LogP contribution in [0.4, 0.5) is 14.5 Å². The summed E-state index contributed by atoms with van der Waals surface area (Å²) in [5.74, 6) is -3.50. The molecule has 1 aromatic carbocycles. The molecule has 1 aromatic rings. The lowest BCUT2D eigenvalue weighted by atomic mass is 10.2. The normalized spacial score (nSPS) is 14.9. The van der Waals surface area contributed by atoms with Crippen molar-refractivity contribution in [2.75, 3.05) is 18.5 Å². The van der Waals surface area contributed by atoms with Gasteiger partial charge in [0.25, 0.3) is 11.8 Å². The van der Waals surface area contributed by atoms with E-state index in [1.54, 1.807) is 0 Å². The van der Waals surface area contributed by atoms with E-state index in [0.717, 1.165) is 17.0 Å². The van der Waals surface area contributed by atoms with Crippen molar-refractivity contribution in [1.82, 2.24) is 4.90 Å². The number of nitrogens with zero attached hydrogens (tertiary/aromatic N) is 1. The molecule has 0 aliphatic carbocycles. The summed E-state index contributed by atoms with van der Waals surface area (Å²) in [7, 11) is 0. The number of hydrogen-bond acceptors (Lipinski definition) is 4. The summed E-state index contributed by atoms with van der Waals surface area (Å²) in [6, 6.07) is 3.45. The van der Waals surface area contributed by atoms with Crippen LogP contribution in [-0.2, 0) is 9.59 Å². The molecule has 5 nitrogen and oxygen atoms in total. The Morgan fingerprint density at radius 3 is 2.68 bits per heavy atom. The summed E-state index contributed by atoms with van der Waals surface area (Å²) < 4.78 is 26.4. The van der Waals surface area contributed by atoms with E-state index in [1.165, 1.54) is 12.1 Å². The van der Waals surface area contributed by atoms with Crippen molar-refractivity contribution < 1.29 is 23.5 Å². The van der Waals surface area contributed by atoms with E-state index in [2.05, 4.69) is 5.32 Å². The van der Waals surface area contributed by atoms with E-state index < -0.39 is 23.4 Å². The maximum Gasteiger partial charge on any atom is 0.277 e. The van der Waals surface area contributed by atoms with Gasteiger partial charge in [-0.15, -0.1) is 0 Å². The fourth-order valence-corrected chi connectivity index (χ4v) is 1.66. The van der Waals surface area contributed by atoms with Crippen molar-refractivity contribution in [2.45, 2.75) is 0 Å². The topological polar surface area (TPSA) is 69.6 Å². The van der Waals surface area contributed by atoms with Crippen LogP contribution in [0.25, 0.3) is 0 Å². The predicted octanol–water partition coefficient (Wildman–Crippen LogP) is 0.622. The molecule has 0 atom stereocenters. The van der Waals surface area contributed by atoms with Crippen molar-refractivity contribution >= 4 is 17.5 Å². The molecule has 7 heteroatoms. The molecule has 100 valence electrons. The Hall–Kier alpha value is -2.28. The van der Waals surface area contributed by atoms with Crippen LogP contribution >= 0.6 is 0 Å². The maximum absolute atomic E-state index is 13.4. The largest absolute Gasteiger partial charge is 0.395 e. The lowest BCUT2D eigenvalue weighted by Gasteiger charge is -2.13. The third-order valence-corrected chi connectivity index (χ3v) is 2.55. The highest BCUT2D eigenvalue weighted by atomic mass is 19.2. The number of carbonyl (C=O) groups excluding carboxylic acids is 2. The van der Waals surface area contributed by atoms with Gasteiger partial charge in [0.15, 0.2) is 11.6 Å². The average Bonchev–Trinajstić information content (AvgIpc) is 2.63. The first-order chi connectivity index (χ1) is 9.04. The van der Waals surface area contributed by atoms with Gasteiger partial charge in [-0.05, 0) is 12.1 Å². The van der Waals surface area contributed by atoms with Gasteiger partial charge in [0.1, 0.15) is 5.70 Å². The first-order valence-corrected chi connectivity index (χ1v) is 5.44. The molecule has 1 aliphatic rings. The number of β-amino-alcohol motifs (C(OH)–C–C–N with tert-alkyl or cyclic N) is 1. The molecule has 2 amide bonds. The summed E-state index contributed by atoms with van der Waals surface area (Å²) in [6.07, 6.45) is 0.975. The van der Waals surface area contributed by atoms with Crippen molar-refractivity contribution in [3.8, 4) is 0 Å². The minimum Gasteiger partial charge on any atom is -0.395 e. The fraction of sp³-hybridized carbons (Fsp3) is 0.167. The second kappa shape index (κ2) is 5.15. The Bertz CT molecular complexity index is 572. The number of imide groups is 1. The van der Waals surface area contributed by atoms with Crippen molar-refractivity contribution in [2.24, 2.45) is 0 Å². The predicted molar refractivity (Wildman–Crippen MR) is 61.9 cm³/mol. The number of aliphatic hydroxyl groups is 1. The van der Waals surface area contributed by atoms with Crippen LogP contribution < -0.4 is 5.32 Å². The lowest BCUT2D eigenvalue weighted by Crippen LogP contribution is -2.34. The number of rotatable bonds is 4. The van der Waals surface area contributed by atoms with Gasteiger partial charge in [-0.1, -0.05) is 6.07 Å². The molecule has 0 fully saturated rings. The first-order valence-electron chi connectivity index (χ1n) is 5.44. The van der Waals surface area contributed by atoms with Crippen LogP contribution in [-0.4, -0.2) is 35.0 Å². The summed E-state index contributed by atoms with van der Waals surface area (Å²) >= 11 is 0. The van der Waals surface area contributed by atoms with Crippen LogP contribution in [0.1, 0.15) is 0 Å². The van der Waals surface area contributed by atoms with Gasteiger partial charge in [0.2, 0.25) is 0 Å². The lowest BCUT2D eigenvalue weighted by molar-refractivity contribution is -0.137. The average molecular weight is 268 g/mol. The molecule has 1 heterocycles. The number of hydrogen-bond donors (Lipinski definition) is 2. The molecule has 0 unspecified atom stereocenters. The molecule has 0 saturated heterocycles. The fourth-order valence-electron chi connectivity index (χ4n) is 1.66. The summed E-state index contributed by atoms with van der Waals surface area (Å²) in [5, 5.41) is 11.1. The van der Waals surface area contributed by atoms with Crippen LogP contribution in [0, 0.1) is 11.6 Å². The van der Waals surface area contributed by atoms with Crippen LogP contribution in [0.5, 0.6) is 0 Å². The van der Waals surface area contributed by atoms with E-state index in [9.17, 15) is 18.4 Å². The molecular formula is C12H10F2N2O3. The highest BCUT2D eigenvalue weighted by Gasteiger charge is 2.31. The van der Waals surface area contributed by atoms with E-state index in [4.69, 9.17) is 5.11 Å². The standard InChI is InChI=1S/C12H10F2N2O3/c13-7-2-1-3-8(11(7)14)15-9-6-10(18)16(4-5-17)12(9)19/h1-3,6,15,17H,4-5H2. The third kappa shape index (κ3) is 2.45. The Morgan fingerprint density at radius 1 is 1.26 bits per heavy atom. The molecule has 2 rings (SSSR count). The second-order valence-corrected chi connectivity index (χ2v) is 3.80. The second-order valence-electron chi connectivity index (χ2n) is 3.80. The number of amides is 2. The maximum atomic E-state index is 13.4. The zero-order valence-electron chi connectivity index (χ0n) is 9.69. The van der Waals surface area contributed by atoms with Gasteiger partial charge >= 0.3 is 0 Å². The zero-order chi connectivity index (χ0) is 14.0. The van der Waals surface area contributed by atoms with E-state index in [-0.39, 0.29) is 24.5 Å². The molecule has 0 saturated carbocycles. The van der Waals surface area contributed by atoms with Gasteiger partial charge in [0, 0.05) is 6.08 Å². The van der Waals surface area contributed by atoms with Crippen molar-refractivity contribution in [3.63, 3.8) is 0 Å². The van der Waals surface area contributed by atoms with Gasteiger partial charge < -0.3 is 10.4 Å². The molecule has 2 N–H and O–H groups in total. The van der Waals surface area contributed by atoms with E-state index in [1.807, 2.05) is 0 Å². The third-order valence-electron chi connectivity index (χ3n) is 2.55. The van der Waals surface area contributed by atoms with Crippen LogP contribution in [0.2, 0.25) is 0 Å². The summed E-state index contributed by atoms with van der Waals surface area (Å²) in [6.45, 7) is -0.516. The minimum atomic E-state index is -1.13.